The van der Waals surface area contributed by atoms with Gasteiger partial charge in [-0.05, 0) is 62.4 Å². The van der Waals surface area contributed by atoms with Gasteiger partial charge in [-0.1, -0.05) is 0 Å². The number of ether oxygens (including phenoxy) is 1. The average Bonchev–Trinajstić information content (AvgIpc) is 3.05. The molecule has 1 saturated heterocycles. The van der Waals surface area contributed by atoms with Crippen LogP contribution in [0.1, 0.15) is 20.3 Å². The molecule has 6 nitrogen and oxygen atoms in total. The van der Waals surface area contributed by atoms with E-state index < -0.39 is 0 Å². The van der Waals surface area contributed by atoms with Gasteiger partial charge in [-0.15, -0.1) is 0 Å². The van der Waals surface area contributed by atoms with E-state index in [1.165, 1.54) is 0 Å². The zero-order chi connectivity index (χ0) is 20.3. The lowest BCUT2D eigenvalue weighted by Crippen LogP contribution is -2.28. The van der Waals surface area contributed by atoms with Gasteiger partial charge in [-0.2, -0.15) is 0 Å². The van der Waals surface area contributed by atoms with Gasteiger partial charge in [-0.3, -0.25) is 9.59 Å². The van der Waals surface area contributed by atoms with Crippen molar-refractivity contribution in [2.24, 2.45) is 5.92 Å². The molecule has 1 fully saturated rings. The summed E-state index contributed by atoms with van der Waals surface area (Å²) in [5, 5.41) is 2.90. The summed E-state index contributed by atoms with van der Waals surface area (Å²) >= 11 is 0. The van der Waals surface area contributed by atoms with E-state index in [0.29, 0.717) is 12.2 Å². The molecular weight excluding hydrogens is 354 g/mol. The Morgan fingerprint density at radius 3 is 2.32 bits per heavy atom. The van der Waals surface area contributed by atoms with E-state index in [9.17, 15) is 9.59 Å². The van der Waals surface area contributed by atoms with Crippen molar-refractivity contribution in [1.82, 2.24) is 0 Å². The van der Waals surface area contributed by atoms with Crippen molar-refractivity contribution in [1.29, 1.82) is 0 Å². The predicted octanol–water partition coefficient (Wildman–Crippen LogP) is 3.53. The van der Waals surface area contributed by atoms with Crippen LogP contribution < -0.4 is 19.9 Å². The maximum Gasteiger partial charge on any atom is 0.229 e. The van der Waals surface area contributed by atoms with Crippen molar-refractivity contribution in [3.8, 4) is 5.75 Å². The molecule has 148 valence electrons. The maximum atomic E-state index is 12.6. The minimum atomic E-state index is -0.368. The minimum Gasteiger partial charge on any atom is -0.491 e. The Kier molecular flexibility index (Phi) is 5.87. The van der Waals surface area contributed by atoms with E-state index in [4.69, 9.17) is 4.74 Å². The quantitative estimate of drug-likeness (QED) is 0.832. The molecule has 2 amide bonds. The maximum absolute atomic E-state index is 12.6. The van der Waals surface area contributed by atoms with Gasteiger partial charge >= 0.3 is 0 Å². The molecule has 6 heteroatoms. The summed E-state index contributed by atoms with van der Waals surface area (Å²) in [5.74, 6) is 0.223. The molecule has 1 unspecified atom stereocenters. The van der Waals surface area contributed by atoms with Crippen LogP contribution in [0.15, 0.2) is 48.5 Å². The Morgan fingerprint density at radius 2 is 1.75 bits per heavy atom. The van der Waals surface area contributed by atoms with Crippen LogP contribution in [0, 0.1) is 5.92 Å². The number of benzene rings is 2. The summed E-state index contributed by atoms with van der Waals surface area (Å²) in [6, 6.07) is 15.0. The molecule has 3 rings (SSSR count). The minimum absolute atomic E-state index is 0.0292. The highest BCUT2D eigenvalue weighted by molar-refractivity contribution is 6.03. The second-order valence-corrected chi connectivity index (χ2v) is 7.50. The molecule has 28 heavy (non-hydrogen) atoms. The first kappa shape index (κ1) is 19.7. The van der Waals surface area contributed by atoms with E-state index in [1.807, 2.05) is 81.4 Å². The number of nitrogens with one attached hydrogen (secondary N) is 1. The Hall–Kier alpha value is -3.02. The highest BCUT2D eigenvalue weighted by Crippen LogP contribution is 2.28. The molecule has 0 aliphatic carbocycles. The third kappa shape index (κ3) is 4.63. The lowest BCUT2D eigenvalue weighted by molar-refractivity contribution is -0.122. The summed E-state index contributed by atoms with van der Waals surface area (Å²) in [4.78, 5) is 28.7. The van der Waals surface area contributed by atoms with Crippen LogP contribution in [0.2, 0.25) is 0 Å². The molecule has 0 spiro atoms. The van der Waals surface area contributed by atoms with E-state index in [-0.39, 0.29) is 30.3 Å². The molecular formula is C22H27N3O3. The van der Waals surface area contributed by atoms with Crippen LogP contribution in [0.3, 0.4) is 0 Å². The van der Waals surface area contributed by atoms with Crippen molar-refractivity contribution in [2.45, 2.75) is 26.4 Å². The van der Waals surface area contributed by atoms with Crippen LogP contribution >= 0.6 is 0 Å². The van der Waals surface area contributed by atoms with Crippen molar-refractivity contribution in [3.63, 3.8) is 0 Å². The monoisotopic (exact) mass is 381 g/mol. The summed E-state index contributed by atoms with van der Waals surface area (Å²) < 4.78 is 5.61. The number of hydrogen-bond donors (Lipinski definition) is 1. The smallest absolute Gasteiger partial charge is 0.229 e. The van der Waals surface area contributed by atoms with Gasteiger partial charge in [0, 0.05) is 44.1 Å². The number of carbonyl (C=O) groups excluding carboxylic acids is 2. The van der Waals surface area contributed by atoms with Gasteiger partial charge in [0.2, 0.25) is 11.8 Å². The highest BCUT2D eigenvalue weighted by atomic mass is 16.5. The second kappa shape index (κ2) is 8.33. The van der Waals surface area contributed by atoms with Crippen molar-refractivity contribution in [2.75, 3.05) is 35.8 Å². The predicted molar refractivity (Wildman–Crippen MR) is 112 cm³/mol. The van der Waals surface area contributed by atoms with Gasteiger partial charge in [0.05, 0.1) is 12.0 Å². The summed E-state index contributed by atoms with van der Waals surface area (Å²) in [5.41, 5.74) is 2.58. The molecule has 0 aromatic heterocycles. The Balaban J connectivity index is 1.61. The zero-order valence-corrected chi connectivity index (χ0v) is 16.8. The average molecular weight is 381 g/mol. The molecule has 1 N–H and O–H groups in total. The summed E-state index contributed by atoms with van der Waals surface area (Å²) in [7, 11) is 3.94. The zero-order valence-electron chi connectivity index (χ0n) is 16.8. The molecule has 1 aliphatic rings. The lowest BCUT2D eigenvalue weighted by atomic mass is 10.1. The summed E-state index contributed by atoms with van der Waals surface area (Å²) in [6.07, 6.45) is 0.318. The van der Waals surface area contributed by atoms with E-state index in [0.717, 1.165) is 17.1 Å². The van der Waals surface area contributed by atoms with Crippen LogP contribution in [-0.2, 0) is 9.59 Å². The van der Waals surface area contributed by atoms with E-state index in [1.54, 1.807) is 4.90 Å². The third-order valence-corrected chi connectivity index (χ3v) is 4.67. The topological polar surface area (TPSA) is 61.9 Å². The molecule has 1 heterocycles. The first-order valence-corrected chi connectivity index (χ1v) is 9.49. The number of anilines is 3. The number of nitrogens with zero attached hydrogens (tertiary/aromatic N) is 2. The van der Waals surface area contributed by atoms with Crippen LogP contribution in [0.5, 0.6) is 5.75 Å². The molecule has 1 atom stereocenters. The lowest BCUT2D eigenvalue weighted by Gasteiger charge is -2.19. The van der Waals surface area contributed by atoms with Crippen LogP contribution in [0.4, 0.5) is 17.1 Å². The van der Waals surface area contributed by atoms with Crippen molar-refractivity contribution < 1.29 is 14.3 Å². The highest BCUT2D eigenvalue weighted by Gasteiger charge is 2.35. The SMILES string of the molecule is CC(C)Oc1ccc(NC(=O)C2CC(=O)N(c3ccc(N(C)C)cc3)C2)cc1. The van der Waals surface area contributed by atoms with Crippen molar-refractivity contribution >= 4 is 28.9 Å². The first-order chi connectivity index (χ1) is 13.3. The van der Waals surface area contributed by atoms with E-state index in [2.05, 4.69) is 5.32 Å². The fourth-order valence-electron chi connectivity index (χ4n) is 3.20. The molecule has 1 aliphatic heterocycles. The fraction of sp³-hybridized carbons (Fsp3) is 0.364. The Bertz CT molecular complexity index is 829. The molecule has 0 radical (unpaired) electrons. The molecule has 2 aromatic rings. The van der Waals surface area contributed by atoms with Gasteiger partial charge in [0.25, 0.3) is 0 Å². The number of rotatable bonds is 6. The molecule has 0 saturated carbocycles. The molecule has 0 bridgehead atoms. The normalized spacial score (nSPS) is 16.4. The first-order valence-electron chi connectivity index (χ1n) is 9.49. The van der Waals surface area contributed by atoms with Crippen LogP contribution in [0.25, 0.3) is 0 Å². The van der Waals surface area contributed by atoms with Gasteiger partial charge in [-0.25, -0.2) is 0 Å². The number of carbonyl (C=O) groups is 2. The fourth-order valence-corrected chi connectivity index (χ4v) is 3.20. The standard InChI is InChI=1S/C22H27N3O3/c1-15(2)28-20-11-5-17(6-12-20)23-22(27)16-13-21(26)25(14-16)19-9-7-18(8-10-19)24(3)4/h5-12,15-16H,13-14H2,1-4H3,(H,23,27). The van der Waals surface area contributed by atoms with Crippen molar-refractivity contribution in [3.05, 3.63) is 48.5 Å². The summed E-state index contributed by atoms with van der Waals surface area (Å²) in [6.45, 7) is 4.32. The Labute approximate surface area is 166 Å². The third-order valence-electron chi connectivity index (χ3n) is 4.67. The van der Waals surface area contributed by atoms with Gasteiger partial charge in [0.1, 0.15) is 5.75 Å². The largest absolute Gasteiger partial charge is 0.491 e. The van der Waals surface area contributed by atoms with Gasteiger partial charge in [0.15, 0.2) is 0 Å². The van der Waals surface area contributed by atoms with Gasteiger partial charge < -0.3 is 19.9 Å². The second-order valence-electron chi connectivity index (χ2n) is 7.50. The molecule has 2 aromatic carbocycles. The number of amides is 2. The van der Waals surface area contributed by atoms with E-state index >= 15 is 0 Å². The number of hydrogen-bond acceptors (Lipinski definition) is 4. The Morgan fingerprint density at radius 1 is 1.11 bits per heavy atom. The van der Waals surface area contributed by atoms with Crippen LogP contribution in [-0.4, -0.2) is 38.6 Å².